The molecule has 4 rings (SSSR count). The number of alkyl halides is 1. The van der Waals surface area contributed by atoms with E-state index in [0.717, 1.165) is 6.07 Å². The second-order valence-electron chi connectivity index (χ2n) is 7.79. The number of H-pyrrole nitrogens is 1. The number of primary sulfonamides is 1. The van der Waals surface area contributed by atoms with Crippen LogP contribution in [0.3, 0.4) is 0 Å². The van der Waals surface area contributed by atoms with Crippen molar-refractivity contribution < 1.29 is 21.2 Å². The molecule has 176 valence electrons. The molecule has 2 aliphatic rings. The van der Waals surface area contributed by atoms with Crippen molar-refractivity contribution >= 4 is 25.7 Å². The van der Waals surface area contributed by atoms with E-state index in [9.17, 15) is 21.2 Å². The minimum Gasteiger partial charge on any atom is -0.368 e. The van der Waals surface area contributed by atoms with E-state index >= 15 is 0 Å². The number of hydrogen-bond acceptors (Lipinski definition) is 10. The summed E-state index contributed by atoms with van der Waals surface area (Å²) in [7, 11) is -8.88. The summed E-state index contributed by atoms with van der Waals surface area (Å²) in [4.78, 5) is 0.347. The lowest BCUT2D eigenvalue weighted by molar-refractivity contribution is 0.251. The van der Waals surface area contributed by atoms with Crippen molar-refractivity contribution in [1.82, 2.24) is 30.7 Å². The topological polar surface area (TPSA) is 202 Å². The first kappa shape index (κ1) is 22.9. The highest BCUT2D eigenvalue weighted by molar-refractivity contribution is 7.92. The van der Waals surface area contributed by atoms with Crippen LogP contribution in [0.5, 0.6) is 0 Å². The van der Waals surface area contributed by atoms with E-state index in [0.29, 0.717) is 32.5 Å². The zero-order chi connectivity index (χ0) is 23.1. The van der Waals surface area contributed by atoms with Gasteiger partial charge in [0.05, 0.1) is 12.1 Å². The van der Waals surface area contributed by atoms with E-state index in [4.69, 9.17) is 10.9 Å². The molecule has 0 bridgehead atoms. The first-order chi connectivity index (χ1) is 15.1. The van der Waals surface area contributed by atoms with Crippen LogP contribution in [-0.2, 0) is 20.0 Å². The second kappa shape index (κ2) is 8.60. The molecular formula is C16H24FN9O4S2. The fraction of sp³-hybridized carbons (Fsp3) is 0.562. The largest absolute Gasteiger partial charge is 0.368 e. The Bertz CT molecular complexity index is 1180. The number of halogens is 1. The maximum atomic E-state index is 14.3. The van der Waals surface area contributed by atoms with Crippen LogP contribution in [0.15, 0.2) is 21.9 Å². The van der Waals surface area contributed by atoms with Crippen molar-refractivity contribution in [2.75, 3.05) is 31.1 Å². The molecule has 1 unspecified atom stereocenters. The highest BCUT2D eigenvalue weighted by Gasteiger charge is 2.36. The molecule has 3 heterocycles. The molecule has 1 aromatic heterocycles. The third kappa shape index (κ3) is 4.46. The van der Waals surface area contributed by atoms with E-state index in [-0.39, 0.29) is 23.6 Å². The van der Waals surface area contributed by atoms with Gasteiger partial charge in [-0.15, -0.1) is 10.2 Å². The first-order valence-corrected chi connectivity index (χ1v) is 12.9. The van der Waals surface area contributed by atoms with Crippen molar-refractivity contribution in [2.24, 2.45) is 10.9 Å². The maximum Gasteiger partial charge on any atom is 0.242 e. The van der Waals surface area contributed by atoms with Crippen LogP contribution < -0.4 is 25.8 Å². The van der Waals surface area contributed by atoms with Gasteiger partial charge in [0, 0.05) is 30.9 Å². The molecule has 16 heteroatoms. The van der Waals surface area contributed by atoms with E-state index in [1.807, 2.05) is 0 Å². The predicted molar refractivity (Wildman–Crippen MR) is 112 cm³/mol. The van der Waals surface area contributed by atoms with Gasteiger partial charge >= 0.3 is 0 Å². The number of piperidine rings is 1. The molecule has 2 saturated heterocycles. The molecule has 2 fully saturated rings. The van der Waals surface area contributed by atoms with E-state index in [2.05, 4.69) is 30.7 Å². The Morgan fingerprint density at radius 3 is 2.59 bits per heavy atom. The van der Waals surface area contributed by atoms with Crippen LogP contribution in [0.1, 0.15) is 12.8 Å². The van der Waals surface area contributed by atoms with Gasteiger partial charge in [-0.1, -0.05) is 0 Å². The van der Waals surface area contributed by atoms with Gasteiger partial charge in [-0.05, 0) is 36.7 Å². The van der Waals surface area contributed by atoms with Crippen LogP contribution in [-0.4, -0.2) is 81.9 Å². The molecule has 2 aliphatic heterocycles. The summed E-state index contributed by atoms with van der Waals surface area (Å²) >= 11 is 0. The van der Waals surface area contributed by atoms with E-state index < -0.39 is 48.1 Å². The summed E-state index contributed by atoms with van der Waals surface area (Å²) in [5, 5.41) is 21.9. The summed E-state index contributed by atoms with van der Waals surface area (Å²) in [5.74, 6) is -0.186. The number of hydrogen-bond donors (Lipinski definition) is 5. The van der Waals surface area contributed by atoms with Gasteiger partial charge in [0.2, 0.25) is 25.9 Å². The monoisotopic (exact) mass is 489 g/mol. The molecule has 0 saturated carbocycles. The van der Waals surface area contributed by atoms with Crippen LogP contribution in [0.2, 0.25) is 0 Å². The third-order valence-corrected chi connectivity index (χ3v) is 8.24. The zero-order valence-electron chi connectivity index (χ0n) is 16.9. The number of aromatic nitrogens is 4. The molecule has 2 aromatic rings. The molecular weight excluding hydrogens is 465 g/mol. The van der Waals surface area contributed by atoms with Gasteiger partial charge < -0.3 is 16.0 Å². The number of aromatic amines is 1. The lowest BCUT2D eigenvalue weighted by Crippen LogP contribution is -2.48. The van der Waals surface area contributed by atoms with E-state index in [1.165, 1.54) is 6.07 Å². The van der Waals surface area contributed by atoms with Crippen molar-refractivity contribution in [2.45, 2.75) is 40.9 Å². The Kier molecular flexibility index (Phi) is 6.17. The Balaban J connectivity index is 1.91. The fourth-order valence-electron chi connectivity index (χ4n) is 3.97. The predicted octanol–water partition coefficient (Wildman–Crippen LogP) is -1.97. The summed E-state index contributed by atoms with van der Waals surface area (Å²) in [6, 6.07) is 1.48. The summed E-state index contributed by atoms with van der Waals surface area (Å²) in [5.41, 5.74) is 5.80. The minimum atomic E-state index is -4.59. The molecule has 0 amide bonds. The van der Waals surface area contributed by atoms with Crippen LogP contribution in [0, 0.1) is 0 Å². The average molecular weight is 490 g/mol. The van der Waals surface area contributed by atoms with Gasteiger partial charge in [-0.3, -0.25) is 0 Å². The Hall–Kier alpha value is -2.24. The van der Waals surface area contributed by atoms with Gasteiger partial charge in [0.15, 0.2) is 0 Å². The summed E-state index contributed by atoms with van der Waals surface area (Å²) in [6.07, 6.45) is -0.501. The molecule has 0 spiro atoms. The average Bonchev–Trinajstić information content (AvgIpc) is 3.42. The zero-order valence-corrected chi connectivity index (χ0v) is 18.5. The summed E-state index contributed by atoms with van der Waals surface area (Å²) < 4.78 is 68.5. The smallest absolute Gasteiger partial charge is 0.242 e. The molecule has 1 aromatic carbocycles. The van der Waals surface area contributed by atoms with Gasteiger partial charge in [0.25, 0.3) is 0 Å². The van der Waals surface area contributed by atoms with Crippen molar-refractivity contribution in [1.29, 1.82) is 0 Å². The molecule has 13 nitrogen and oxygen atoms in total. The molecule has 7 N–H and O–H groups in total. The summed E-state index contributed by atoms with van der Waals surface area (Å²) in [6.45, 7) is 1.23. The molecule has 0 radical (unpaired) electrons. The quantitative estimate of drug-likeness (QED) is 0.303. The number of nitrogens with zero attached hydrogens (tertiary/aromatic N) is 4. The third-order valence-electron chi connectivity index (χ3n) is 5.56. The van der Waals surface area contributed by atoms with Crippen molar-refractivity contribution in [3.63, 3.8) is 0 Å². The standard InChI is InChI=1S/C16H24FN9O4S2/c17-10-8-26(6-4-11(10)18)12-1-2-13(32(29,30)23-9-3-5-20-7-9)15(31(19,27)28)14(12)16-21-24-25-22-16/h1-2,9-11,20,23H,3-8,18H2,(H2,19,27,28)(H,21,22,24,25)/t9?,10-,11+/m1/s1. The maximum absolute atomic E-state index is 14.3. The number of anilines is 1. The number of sulfonamides is 2. The minimum absolute atomic E-state index is 0.117. The second-order valence-corrected chi connectivity index (χ2v) is 11.0. The number of rotatable bonds is 6. The highest BCUT2D eigenvalue weighted by Crippen LogP contribution is 2.39. The first-order valence-electron chi connectivity index (χ1n) is 9.89. The SMILES string of the molecule is N[C@H]1CCN(c2ccc(S(=O)(=O)NC3CCNC3)c(S(N)(=O)=O)c2-c2nn[nH]n2)C[C@H]1F. The van der Waals surface area contributed by atoms with Gasteiger partial charge in [-0.25, -0.2) is 31.1 Å². The van der Waals surface area contributed by atoms with Crippen LogP contribution in [0.25, 0.3) is 11.4 Å². The number of nitrogens with one attached hydrogen (secondary N) is 3. The Morgan fingerprint density at radius 2 is 2.00 bits per heavy atom. The normalized spacial score (nSPS) is 24.7. The van der Waals surface area contributed by atoms with Gasteiger partial charge in [0.1, 0.15) is 16.0 Å². The highest BCUT2D eigenvalue weighted by atomic mass is 32.2. The Morgan fingerprint density at radius 1 is 1.22 bits per heavy atom. The number of nitrogens with two attached hydrogens (primary N) is 2. The van der Waals surface area contributed by atoms with Crippen molar-refractivity contribution in [3.8, 4) is 11.4 Å². The number of tetrazole rings is 1. The lowest BCUT2D eigenvalue weighted by atomic mass is 10.0. The fourth-order valence-corrected chi connectivity index (χ4v) is 6.84. The molecule has 3 atom stereocenters. The van der Waals surface area contributed by atoms with Crippen molar-refractivity contribution in [3.05, 3.63) is 12.1 Å². The Labute approximate surface area is 184 Å². The van der Waals surface area contributed by atoms with E-state index in [1.54, 1.807) is 4.90 Å². The molecule has 0 aliphatic carbocycles. The lowest BCUT2D eigenvalue weighted by Gasteiger charge is -2.35. The van der Waals surface area contributed by atoms with Crippen LogP contribution in [0.4, 0.5) is 10.1 Å². The number of benzene rings is 1. The van der Waals surface area contributed by atoms with Crippen LogP contribution >= 0.6 is 0 Å². The van der Waals surface area contributed by atoms with Gasteiger partial charge in [-0.2, -0.15) is 5.21 Å². The molecule has 32 heavy (non-hydrogen) atoms.